The summed E-state index contributed by atoms with van der Waals surface area (Å²) in [6.45, 7) is 11.1. The molecule has 0 aromatic carbocycles. The Morgan fingerprint density at radius 2 is 2.19 bits per heavy atom. The third kappa shape index (κ3) is 5.15. The molecule has 0 spiro atoms. The van der Waals surface area contributed by atoms with Crippen LogP contribution in [0, 0.1) is 11.8 Å². The Hall–Kier alpha value is -2.22. The summed E-state index contributed by atoms with van der Waals surface area (Å²) in [5.41, 5.74) is 0. The second kappa shape index (κ2) is 9.12. The van der Waals surface area contributed by atoms with Gasteiger partial charge in [-0.1, -0.05) is 31.7 Å². The summed E-state index contributed by atoms with van der Waals surface area (Å²) in [7, 11) is 0. The molecule has 1 saturated heterocycles. The number of piperidine rings is 1. The van der Waals surface area contributed by atoms with Crippen molar-refractivity contribution in [3.05, 3.63) is 36.8 Å². The highest BCUT2D eigenvalue weighted by Gasteiger charge is 2.27. The molecule has 0 aliphatic carbocycles. The number of furan rings is 1. The van der Waals surface area contributed by atoms with Crippen LogP contribution in [0.5, 0.6) is 0 Å². The van der Waals surface area contributed by atoms with Gasteiger partial charge in [0, 0.05) is 19.6 Å². The maximum atomic E-state index is 11.9. The number of amides is 1. The third-order valence-corrected chi connectivity index (χ3v) is 5.49. The molecule has 1 aliphatic rings. The molecule has 7 nitrogen and oxygen atoms in total. The fourth-order valence-corrected chi connectivity index (χ4v) is 4.27. The van der Waals surface area contributed by atoms with Crippen LogP contribution in [-0.4, -0.2) is 46.1 Å². The van der Waals surface area contributed by atoms with Crippen molar-refractivity contribution in [3.8, 4) is 0 Å². The molecule has 0 saturated carbocycles. The number of carbonyl (C=O) groups excluding carboxylic acids is 1. The van der Waals surface area contributed by atoms with Gasteiger partial charge in [-0.05, 0) is 30.4 Å². The van der Waals surface area contributed by atoms with Gasteiger partial charge in [-0.2, -0.15) is 0 Å². The number of rotatable bonds is 8. The van der Waals surface area contributed by atoms with Gasteiger partial charge in [0.05, 0.1) is 18.6 Å². The summed E-state index contributed by atoms with van der Waals surface area (Å²) < 4.78 is 7.58. The van der Waals surface area contributed by atoms with E-state index >= 15 is 0 Å². The Balaban J connectivity index is 1.79. The van der Waals surface area contributed by atoms with Gasteiger partial charge in [-0.3, -0.25) is 9.36 Å². The smallest absolute Gasteiger partial charge is 0.230 e. The summed E-state index contributed by atoms with van der Waals surface area (Å²) >= 11 is 1.39. The molecule has 2 aromatic heterocycles. The molecular formula is C19H27N5O2S. The van der Waals surface area contributed by atoms with Gasteiger partial charge in [0.2, 0.25) is 11.9 Å². The van der Waals surface area contributed by atoms with E-state index in [1.807, 2.05) is 12.1 Å². The van der Waals surface area contributed by atoms with Crippen molar-refractivity contribution in [2.24, 2.45) is 11.8 Å². The van der Waals surface area contributed by atoms with Crippen LogP contribution >= 0.6 is 11.8 Å². The van der Waals surface area contributed by atoms with Crippen molar-refractivity contribution in [1.82, 2.24) is 20.1 Å². The third-order valence-electron chi connectivity index (χ3n) is 4.52. The zero-order valence-corrected chi connectivity index (χ0v) is 16.7. The predicted octanol–water partition coefficient (Wildman–Crippen LogP) is 2.80. The largest absolute Gasteiger partial charge is 0.467 e. The number of aromatic nitrogens is 3. The van der Waals surface area contributed by atoms with Crippen LogP contribution in [-0.2, 0) is 11.3 Å². The van der Waals surface area contributed by atoms with E-state index < -0.39 is 0 Å². The molecule has 2 aromatic rings. The Kier molecular flexibility index (Phi) is 6.60. The summed E-state index contributed by atoms with van der Waals surface area (Å²) in [5.74, 6) is 3.16. The average Bonchev–Trinajstić information content (AvgIpc) is 3.28. The number of anilines is 1. The molecule has 8 heteroatoms. The van der Waals surface area contributed by atoms with Crippen LogP contribution in [0.25, 0.3) is 0 Å². The summed E-state index contributed by atoms with van der Waals surface area (Å²) in [5, 5.41) is 12.3. The topological polar surface area (TPSA) is 76.2 Å². The predicted molar refractivity (Wildman–Crippen MR) is 107 cm³/mol. The zero-order chi connectivity index (χ0) is 19.2. The van der Waals surface area contributed by atoms with Crippen molar-refractivity contribution in [3.63, 3.8) is 0 Å². The highest BCUT2D eigenvalue weighted by Crippen LogP contribution is 2.28. The van der Waals surface area contributed by atoms with Crippen LogP contribution in [0.1, 0.15) is 26.0 Å². The van der Waals surface area contributed by atoms with Crippen LogP contribution in [0.2, 0.25) is 0 Å². The molecule has 1 N–H and O–H groups in total. The second-order valence-electron chi connectivity index (χ2n) is 7.18. The second-order valence-corrected chi connectivity index (χ2v) is 8.12. The van der Waals surface area contributed by atoms with Gasteiger partial charge in [-0.15, -0.1) is 16.8 Å². The highest BCUT2D eigenvalue weighted by atomic mass is 32.2. The van der Waals surface area contributed by atoms with Gasteiger partial charge in [-0.25, -0.2) is 0 Å². The monoisotopic (exact) mass is 389 g/mol. The molecule has 27 heavy (non-hydrogen) atoms. The van der Waals surface area contributed by atoms with E-state index in [0.717, 1.165) is 30.0 Å². The first kappa shape index (κ1) is 19.5. The zero-order valence-electron chi connectivity index (χ0n) is 15.9. The SMILES string of the molecule is C=CCNC(=O)CSc1nnc(N2C[C@@H](C)C[C@H](C)C2)n1Cc1ccco1. The van der Waals surface area contributed by atoms with Gasteiger partial charge in [0.15, 0.2) is 5.16 Å². The molecule has 0 unspecified atom stereocenters. The average molecular weight is 390 g/mol. The standard InChI is InChI=1S/C19H27N5O2S/c1-4-7-20-17(25)13-27-19-22-21-18(23-10-14(2)9-15(3)11-23)24(19)12-16-6-5-8-26-16/h4-6,8,14-15H,1,7,9-13H2,2-3H3,(H,20,25)/t14-,15-/m0/s1. The lowest BCUT2D eigenvalue weighted by atomic mass is 9.92. The molecule has 1 aliphatic heterocycles. The minimum atomic E-state index is -0.0470. The number of thioether (sulfide) groups is 1. The van der Waals surface area contributed by atoms with Crippen LogP contribution in [0.15, 0.2) is 40.6 Å². The van der Waals surface area contributed by atoms with E-state index in [0.29, 0.717) is 24.9 Å². The van der Waals surface area contributed by atoms with Crippen LogP contribution < -0.4 is 10.2 Å². The maximum absolute atomic E-state index is 11.9. The van der Waals surface area contributed by atoms with Crippen molar-refractivity contribution < 1.29 is 9.21 Å². The molecule has 1 amide bonds. The van der Waals surface area contributed by atoms with Gasteiger partial charge in [0.25, 0.3) is 0 Å². The van der Waals surface area contributed by atoms with E-state index in [2.05, 4.69) is 45.4 Å². The first-order valence-corrected chi connectivity index (χ1v) is 10.3. The van der Waals surface area contributed by atoms with Crippen LogP contribution in [0.4, 0.5) is 5.95 Å². The van der Waals surface area contributed by atoms with E-state index in [4.69, 9.17) is 4.42 Å². The number of nitrogens with one attached hydrogen (secondary N) is 1. The molecule has 1 fully saturated rings. The van der Waals surface area contributed by atoms with Gasteiger partial charge < -0.3 is 14.6 Å². The van der Waals surface area contributed by atoms with Crippen molar-refractivity contribution >= 4 is 23.6 Å². The maximum Gasteiger partial charge on any atom is 0.230 e. The quantitative estimate of drug-likeness (QED) is 0.553. The Bertz CT molecular complexity index is 748. The fourth-order valence-electron chi connectivity index (χ4n) is 3.51. The van der Waals surface area contributed by atoms with Gasteiger partial charge in [0.1, 0.15) is 5.76 Å². The lowest BCUT2D eigenvalue weighted by Crippen LogP contribution is -2.40. The van der Waals surface area contributed by atoms with E-state index in [-0.39, 0.29) is 11.7 Å². The summed E-state index contributed by atoms with van der Waals surface area (Å²) in [4.78, 5) is 14.2. The molecule has 3 rings (SSSR count). The Morgan fingerprint density at radius 3 is 2.85 bits per heavy atom. The molecule has 0 bridgehead atoms. The van der Waals surface area contributed by atoms with Crippen LogP contribution in [0.3, 0.4) is 0 Å². The number of hydrogen-bond acceptors (Lipinski definition) is 6. The highest BCUT2D eigenvalue weighted by molar-refractivity contribution is 7.99. The number of hydrogen-bond donors (Lipinski definition) is 1. The normalized spacial score (nSPS) is 19.9. The molecule has 146 valence electrons. The minimum Gasteiger partial charge on any atom is -0.467 e. The number of carbonyl (C=O) groups is 1. The molecule has 2 atom stereocenters. The van der Waals surface area contributed by atoms with Crippen molar-refractivity contribution in [2.75, 3.05) is 30.3 Å². The molecule has 3 heterocycles. The van der Waals surface area contributed by atoms with E-state index in [1.165, 1.54) is 18.2 Å². The van der Waals surface area contributed by atoms with E-state index in [1.54, 1.807) is 12.3 Å². The summed E-state index contributed by atoms with van der Waals surface area (Å²) in [6.07, 6.45) is 4.56. The lowest BCUT2D eigenvalue weighted by molar-refractivity contribution is -0.118. The van der Waals surface area contributed by atoms with Crippen molar-refractivity contribution in [2.45, 2.75) is 32.0 Å². The van der Waals surface area contributed by atoms with Crippen molar-refractivity contribution in [1.29, 1.82) is 0 Å². The van der Waals surface area contributed by atoms with E-state index in [9.17, 15) is 4.79 Å². The Morgan fingerprint density at radius 1 is 1.41 bits per heavy atom. The molecular weight excluding hydrogens is 362 g/mol. The lowest BCUT2D eigenvalue weighted by Gasteiger charge is -2.35. The Labute approximate surface area is 164 Å². The minimum absolute atomic E-state index is 0.0470. The fraction of sp³-hybridized carbons (Fsp3) is 0.526. The first-order valence-electron chi connectivity index (χ1n) is 9.27. The number of nitrogens with zero attached hydrogens (tertiary/aromatic N) is 4. The molecule has 0 radical (unpaired) electrons. The van der Waals surface area contributed by atoms with Gasteiger partial charge >= 0.3 is 0 Å². The first-order chi connectivity index (χ1) is 13.1. The summed E-state index contributed by atoms with van der Waals surface area (Å²) in [6, 6.07) is 3.82.